The van der Waals surface area contributed by atoms with Gasteiger partial charge >= 0.3 is 5.97 Å². The molecule has 4 aromatic carbocycles. The third-order valence-electron chi connectivity index (χ3n) is 6.19. The average Bonchev–Trinajstić information content (AvgIpc) is 3.32. The SMILES string of the molecule is CC(C)c1ccc(C2=N/C(=C\c3ccc(OCc4ccccc4)c(OCc4ccccc4)c3)C(=O)O2)cc1. The predicted octanol–water partition coefficient (Wildman–Crippen LogP) is 7.31. The highest BCUT2D eigenvalue weighted by Gasteiger charge is 2.24. The minimum absolute atomic E-state index is 0.236. The number of rotatable bonds is 9. The van der Waals surface area contributed by atoms with Crippen molar-refractivity contribution >= 4 is 17.9 Å². The van der Waals surface area contributed by atoms with Gasteiger partial charge in [0.05, 0.1) is 0 Å². The summed E-state index contributed by atoms with van der Waals surface area (Å²) in [4.78, 5) is 17.1. The van der Waals surface area contributed by atoms with Crippen molar-refractivity contribution in [3.05, 3.63) is 137 Å². The summed E-state index contributed by atoms with van der Waals surface area (Å²) in [5.41, 5.74) is 5.08. The fourth-order valence-electron chi connectivity index (χ4n) is 4.02. The van der Waals surface area contributed by atoms with E-state index < -0.39 is 5.97 Å². The quantitative estimate of drug-likeness (QED) is 0.177. The van der Waals surface area contributed by atoms with Crippen molar-refractivity contribution in [2.45, 2.75) is 33.0 Å². The predicted molar refractivity (Wildman–Crippen MR) is 149 cm³/mol. The molecule has 1 aliphatic rings. The van der Waals surface area contributed by atoms with Crippen molar-refractivity contribution in [1.82, 2.24) is 0 Å². The lowest BCUT2D eigenvalue weighted by molar-refractivity contribution is -0.129. The van der Waals surface area contributed by atoms with Crippen LogP contribution in [0.4, 0.5) is 0 Å². The molecular formula is C33H29NO4. The Bertz CT molecular complexity index is 1460. The van der Waals surface area contributed by atoms with Crippen LogP contribution in [0.25, 0.3) is 6.08 Å². The highest BCUT2D eigenvalue weighted by molar-refractivity contribution is 6.12. The zero-order valence-electron chi connectivity index (χ0n) is 21.5. The van der Waals surface area contributed by atoms with Gasteiger partial charge in [-0.2, -0.15) is 0 Å². The summed E-state index contributed by atoms with van der Waals surface area (Å²) >= 11 is 0. The van der Waals surface area contributed by atoms with Crippen LogP contribution >= 0.6 is 0 Å². The first-order valence-electron chi connectivity index (χ1n) is 12.7. The van der Waals surface area contributed by atoms with Gasteiger partial charge in [-0.1, -0.05) is 92.7 Å². The lowest BCUT2D eigenvalue weighted by Gasteiger charge is -2.14. The molecule has 0 radical (unpaired) electrons. The fraction of sp³-hybridized carbons (Fsp3) is 0.152. The van der Waals surface area contributed by atoms with E-state index >= 15 is 0 Å². The standard InChI is InChI=1S/C33H29NO4/c1-23(2)27-14-16-28(17-15-27)32-34-29(33(35)38-32)19-26-13-18-30(36-21-24-9-5-3-6-10-24)31(20-26)37-22-25-11-7-4-8-12-25/h3-20,23H,21-22H2,1-2H3/b29-19-. The summed E-state index contributed by atoms with van der Waals surface area (Å²) in [5, 5.41) is 0. The van der Waals surface area contributed by atoms with Gasteiger partial charge in [0.2, 0.25) is 5.90 Å². The highest BCUT2D eigenvalue weighted by Crippen LogP contribution is 2.32. The van der Waals surface area contributed by atoms with Crippen molar-refractivity contribution < 1.29 is 19.0 Å². The van der Waals surface area contributed by atoms with Crippen LogP contribution in [-0.2, 0) is 22.7 Å². The van der Waals surface area contributed by atoms with Gasteiger partial charge in [-0.3, -0.25) is 0 Å². The van der Waals surface area contributed by atoms with E-state index in [-0.39, 0.29) is 5.70 Å². The Morgan fingerprint density at radius 1 is 0.763 bits per heavy atom. The fourth-order valence-corrected chi connectivity index (χ4v) is 4.02. The summed E-state index contributed by atoms with van der Waals surface area (Å²) in [6.45, 7) is 5.08. The lowest BCUT2D eigenvalue weighted by Crippen LogP contribution is -2.05. The molecule has 0 saturated heterocycles. The molecule has 0 saturated carbocycles. The molecule has 0 atom stereocenters. The average molecular weight is 504 g/mol. The van der Waals surface area contributed by atoms with Gasteiger partial charge in [-0.25, -0.2) is 9.79 Å². The molecule has 5 rings (SSSR count). The van der Waals surface area contributed by atoms with Crippen LogP contribution in [0.3, 0.4) is 0 Å². The molecule has 0 fully saturated rings. The van der Waals surface area contributed by atoms with E-state index in [1.54, 1.807) is 6.08 Å². The molecule has 1 heterocycles. The molecule has 0 amide bonds. The molecule has 0 bridgehead atoms. The Morgan fingerprint density at radius 2 is 1.37 bits per heavy atom. The van der Waals surface area contributed by atoms with Crippen LogP contribution in [0.2, 0.25) is 0 Å². The Hall–Kier alpha value is -4.64. The van der Waals surface area contributed by atoms with Crippen molar-refractivity contribution in [3.63, 3.8) is 0 Å². The molecule has 0 spiro atoms. The molecule has 190 valence electrons. The maximum atomic E-state index is 12.6. The van der Waals surface area contributed by atoms with Gasteiger partial charge < -0.3 is 14.2 Å². The second-order valence-electron chi connectivity index (χ2n) is 9.37. The first-order chi connectivity index (χ1) is 18.5. The number of esters is 1. The minimum atomic E-state index is -0.482. The van der Waals surface area contributed by atoms with Gasteiger partial charge in [-0.05, 0) is 58.5 Å². The number of carbonyl (C=O) groups excluding carboxylic acids is 1. The molecular weight excluding hydrogens is 474 g/mol. The van der Waals surface area contributed by atoms with Crippen molar-refractivity contribution in [3.8, 4) is 11.5 Å². The van der Waals surface area contributed by atoms with E-state index in [1.807, 2.05) is 103 Å². The number of nitrogens with zero attached hydrogens (tertiary/aromatic N) is 1. The highest BCUT2D eigenvalue weighted by atomic mass is 16.6. The molecule has 5 heteroatoms. The van der Waals surface area contributed by atoms with Gasteiger partial charge in [0.15, 0.2) is 17.2 Å². The van der Waals surface area contributed by atoms with Crippen LogP contribution in [-0.4, -0.2) is 11.9 Å². The Morgan fingerprint density at radius 3 is 1.97 bits per heavy atom. The van der Waals surface area contributed by atoms with Crippen LogP contribution < -0.4 is 9.47 Å². The van der Waals surface area contributed by atoms with E-state index in [1.165, 1.54) is 5.56 Å². The number of hydrogen-bond donors (Lipinski definition) is 0. The van der Waals surface area contributed by atoms with E-state index in [4.69, 9.17) is 14.2 Å². The maximum Gasteiger partial charge on any atom is 0.363 e. The van der Waals surface area contributed by atoms with E-state index in [2.05, 4.69) is 18.8 Å². The van der Waals surface area contributed by atoms with E-state index in [0.29, 0.717) is 36.5 Å². The largest absolute Gasteiger partial charge is 0.485 e. The molecule has 4 aromatic rings. The number of ether oxygens (including phenoxy) is 3. The molecule has 0 N–H and O–H groups in total. The molecule has 5 nitrogen and oxygen atoms in total. The zero-order chi connectivity index (χ0) is 26.3. The number of carbonyl (C=O) groups is 1. The molecule has 1 aliphatic heterocycles. The van der Waals surface area contributed by atoms with Gasteiger partial charge in [0, 0.05) is 5.56 Å². The third kappa shape index (κ3) is 6.19. The maximum absolute atomic E-state index is 12.6. The number of aliphatic imine (C=N–C) groups is 1. The molecule has 0 unspecified atom stereocenters. The van der Waals surface area contributed by atoms with E-state index in [9.17, 15) is 4.79 Å². The van der Waals surface area contributed by atoms with Crippen LogP contribution in [0, 0.1) is 0 Å². The van der Waals surface area contributed by atoms with Crippen LogP contribution in [0.15, 0.2) is 114 Å². The summed E-state index contributed by atoms with van der Waals surface area (Å²) in [5.74, 6) is 1.45. The second kappa shape index (κ2) is 11.6. The Kier molecular flexibility index (Phi) is 7.65. The summed E-state index contributed by atoms with van der Waals surface area (Å²) in [7, 11) is 0. The Balaban J connectivity index is 1.39. The van der Waals surface area contributed by atoms with Crippen molar-refractivity contribution in [1.29, 1.82) is 0 Å². The summed E-state index contributed by atoms with van der Waals surface area (Å²) < 4.78 is 17.7. The minimum Gasteiger partial charge on any atom is -0.485 e. The van der Waals surface area contributed by atoms with Crippen LogP contribution in [0.5, 0.6) is 11.5 Å². The number of cyclic esters (lactones) is 1. The molecule has 38 heavy (non-hydrogen) atoms. The topological polar surface area (TPSA) is 57.1 Å². The lowest BCUT2D eigenvalue weighted by atomic mass is 10.0. The first kappa shape index (κ1) is 25.0. The number of hydrogen-bond acceptors (Lipinski definition) is 5. The number of benzene rings is 4. The first-order valence-corrected chi connectivity index (χ1v) is 12.7. The zero-order valence-corrected chi connectivity index (χ0v) is 21.5. The summed E-state index contributed by atoms with van der Waals surface area (Å²) in [6, 6.07) is 33.4. The van der Waals surface area contributed by atoms with Crippen molar-refractivity contribution in [2.75, 3.05) is 0 Å². The molecule has 0 aromatic heterocycles. The van der Waals surface area contributed by atoms with Gasteiger partial charge in [0.25, 0.3) is 0 Å². The van der Waals surface area contributed by atoms with Crippen molar-refractivity contribution in [2.24, 2.45) is 4.99 Å². The normalized spacial score (nSPS) is 13.9. The van der Waals surface area contributed by atoms with Gasteiger partial charge in [0.1, 0.15) is 13.2 Å². The second-order valence-corrected chi connectivity index (χ2v) is 9.37. The monoisotopic (exact) mass is 503 g/mol. The van der Waals surface area contributed by atoms with E-state index in [0.717, 1.165) is 22.3 Å². The molecule has 0 aliphatic carbocycles. The summed E-state index contributed by atoms with van der Waals surface area (Å²) in [6.07, 6.45) is 1.70. The smallest absolute Gasteiger partial charge is 0.363 e. The van der Waals surface area contributed by atoms with Crippen LogP contribution in [0.1, 0.15) is 47.6 Å². The Labute approximate surface area is 223 Å². The third-order valence-corrected chi connectivity index (χ3v) is 6.19. The van der Waals surface area contributed by atoms with Gasteiger partial charge in [-0.15, -0.1) is 0 Å².